The van der Waals surface area contributed by atoms with Crippen molar-refractivity contribution < 1.29 is 4.79 Å². The van der Waals surface area contributed by atoms with Crippen LogP contribution in [0.4, 0.5) is 5.69 Å². The molecule has 1 aromatic carbocycles. The highest BCUT2D eigenvalue weighted by Gasteiger charge is 2.11. The van der Waals surface area contributed by atoms with Crippen LogP contribution >= 0.6 is 0 Å². The highest BCUT2D eigenvalue weighted by atomic mass is 16.2. The molecule has 0 unspecified atom stereocenters. The molecule has 2 rings (SSSR count). The van der Waals surface area contributed by atoms with Crippen molar-refractivity contribution in [3.63, 3.8) is 0 Å². The third-order valence-electron chi connectivity index (χ3n) is 3.07. The summed E-state index contributed by atoms with van der Waals surface area (Å²) in [4.78, 5) is 18.1. The van der Waals surface area contributed by atoms with E-state index in [1.807, 2.05) is 29.8 Å². The number of likely N-dealkylation sites (N-methyl/N-ethyl adjacent to an activating group) is 1. The Balaban J connectivity index is 1.93. The van der Waals surface area contributed by atoms with Crippen molar-refractivity contribution >= 4 is 11.6 Å². The van der Waals surface area contributed by atoms with Crippen molar-refractivity contribution in [3.05, 3.63) is 48.0 Å². The summed E-state index contributed by atoms with van der Waals surface area (Å²) in [6.45, 7) is 0.809. The summed E-state index contributed by atoms with van der Waals surface area (Å²) in [5.41, 5.74) is 0.994. The Morgan fingerprint density at radius 1 is 1.48 bits per heavy atom. The van der Waals surface area contributed by atoms with Crippen LogP contribution in [0.2, 0.25) is 0 Å². The first-order valence-corrected chi connectivity index (χ1v) is 6.54. The van der Waals surface area contributed by atoms with Gasteiger partial charge in [-0.25, -0.2) is 4.98 Å². The monoisotopic (exact) mass is 283 g/mol. The minimum atomic E-state index is -0.158. The Hall–Kier alpha value is -2.65. The van der Waals surface area contributed by atoms with Gasteiger partial charge in [0.15, 0.2) is 0 Å². The lowest BCUT2D eigenvalue weighted by molar-refractivity contribution is -0.117. The van der Waals surface area contributed by atoms with Crippen molar-refractivity contribution in [1.82, 2.24) is 14.5 Å². The summed E-state index contributed by atoms with van der Waals surface area (Å²) in [5.74, 6) is 0.733. The van der Waals surface area contributed by atoms with E-state index in [2.05, 4.69) is 16.4 Å². The third-order valence-corrected chi connectivity index (χ3v) is 3.07. The predicted molar refractivity (Wildman–Crippen MR) is 79.3 cm³/mol. The number of carbonyl (C=O) groups is 1. The van der Waals surface area contributed by atoms with E-state index in [4.69, 9.17) is 5.26 Å². The smallest absolute Gasteiger partial charge is 0.238 e. The Bertz CT molecular complexity index is 671. The Kier molecular flexibility index (Phi) is 4.69. The second-order valence-corrected chi connectivity index (χ2v) is 4.83. The third kappa shape index (κ3) is 3.91. The molecular weight excluding hydrogens is 266 g/mol. The molecule has 2 aromatic rings. The van der Waals surface area contributed by atoms with Gasteiger partial charge in [-0.05, 0) is 19.2 Å². The Labute approximate surface area is 123 Å². The summed E-state index contributed by atoms with van der Waals surface area (Å²) < 4.78 is 1.92. The SMILES string of the molecule is CN(CC(=O)Nc1ccccc1C#N)Cc1nccn1C. The van der Waals surface area contributed by atoms with Crippen molar-refractivity contribution in [2.45, 2.75) is 6.54 Å². The average Bonchev–Trinajstić information content (AvgIpc) is 2.84. The van der Waals surface area contributed by atoms with Gasteiger partial charge in [-0.2, -0.15) is 5.26 Å². The summed E-state index contributed by atoms with van der Waals surface area (Å²) in [6, 6.07) is 9.00. The van der Waals surface area contributed by atoms with E-state index in [9.17, 15) is 4.79 Å². The number of amides is 1. The van der Waals surface area contributed by atoms with Gasteiger partial charge in [0.05, 0.1) is 24.3 Å². The number of anilines is 1. The number of hydrogen-bond donors (Lipinski definition) is 1. The van der Waals surface area contributed by atoms with E-state index in [1.165, 1.54) is 0 Å². The number of hydrogen-bond acceptors (Lipinski definition) is 4. The molecule has 0 saturated carbocycles. The zero-order chi connectivity index (χ0) is 15.2. The maximum atomic E-state index is 12.0. The quantitative estimate of drug-likeness (QED) is 0.899. The molecule has 1 aromatic heterocycles. The number of imidazole rings is 1. The molecule has 0 saturated heterocycles. The first kappa shape index (κ1) is 14.8. The molecule has 6 heteroatoms. The average molecular weight is 283 g/mol. The van der Waals surface area contributed by atoms with Crippen molar-refractivity contribution in [3.8, 4) is 6.07 Å². The summed E-state index contributed by atoms with van der Waals surface area (Å²) in [7, 11) is 3.77. The van der Waals surface area contributed by atoms with E-state index in [-0.39, 0.29) is 12.5 Å². The lowest BCUT2D eigenvalue weighted by Crippen LogP contribution is -2.30. The van der Waals surface area contributed by atoms with Gasteiger partial charge >= 0.3 is 0 Å². The molecule has 0 aliphatic carbocycles. The number of nitrogens with one attached hydrogen (secondary N) is 1. The molecule has 1 amide bonds. The number of carbonyl (C=O) groups excluding carboxylic acids is 1. The van der Waals surface area contributed by atoms with Crippen LogP contribution in [0, 0.1) is 11.3 Å². The summed E-state index contributed by atoms with van der Waals surface area (Å²) in [6.07, 6.45) is 3.60. The number of nitriles is 1. The molecule has 0 bridgehead atoms. The standard InChI is InChI=1S/C15H17N5O/c1-19(10-14-17-7-8-20(14)2)11-15(21)18-13-6-4-3-5-12(13)9-16/h3-8H,10-11H2,1-2H3,(H,18,21). The molecule has 0 spiro atoms. The van der Waals surface area contributed by atoms with Crippen LogP contribution < -0.4 is 5.32 Å². The van der Waals surface area contributed by atoms with E-state index >= 15 is 0 Å². The maximum Gasteiger partial charge on any atom is 0.238 e. The van der Waals surface area contributed by atoms with Gasteiger partial charge in [0.1, 0.15) is 11.9 Å². The summed E-state index contributed by atoms with van der Waals surface area (Å²) >= 11 is 0. The molecule has 0 radical (unpaired) electrons. The van der Waals surface area contributed by atoms with Gasteiger partial charge in [-0.3, -0.25) is 9.69 Å². The van der Waals surface area contributed by atoms with Gasteiger partial charge < -0.3 is 9.88 Å². The molecule has 1 N–H and O–H groups in total. The van der Waals surface area contributed by atoms with Crippen LogP contribution in [0.15, 0.2) is 36.7 Å². The number of para-hydroxylation sites is 1. The molecule has 0 fully saturated rings. The lowest BCUT2D eigenvalue weighted by Gasteiger charge is -2.16. The molecule has 0 aliphatic rings. The fraction of sp³-hybridized carbons (Fsp3) is 0.267. The second-order valence-electron chi connectivity index (χ2n) is 4.83. The first-order chi connectivity index (χ1) is 10.1. The van der Waals surface area contributed by atoms with Gasteiger partial charge in [-0.1, -0.05) is 12.1 Å². The molecule has 108 valence electrons. The zero-order valence-electron chi connectivity index (χ0n) is 12.1. The highest BCUT2D eigenvalue weighted by molar-refractivity contribution is 5.93. The maximum absolute atomic E-state index is 12.0. The van der Waals surface area contributed by atoms with Crippen LogP contribution in [0.25, 0.3) is 0 Å². The minimum absolute atomic E-state index is 0.158. The number of rotatable bonds is 5. The Morgan fingerprint density at radius 3 is 2.90 bits per heavy atom. The van der Waals surface area contributed by atoms with Gasteiger partial charge in [-0.15, -0.1) is 0 Å². The molecule has 21 heavy (non-hydrogen) atoms. The molecule has 0 atom stereocenters. The van der Waals surface area contributed by atoms with Crippen molar-refractivity contribution in [2.75, 3.05) is 18.9 Å². The van der Waals surface area contributed by atoms with E-state index < -0.39 is 0 Å². The van der Waals surface area contributed by atoms with Crippen LogP contribution in [0.3, 0.4) is 0 Å². The predicted octanol–water partition coefficient (Wildman–Crippen LogP) is 1.36. The zero-order valence-corrected chi connectivity index (χ0v) is 12.1. The van der Waals surface area contributed by atoms with Crippen LogP contribution in [0.1, 0.15) is 11.4 Å². The topological polar surface area (TPSA) is 74.0 Å². The largest absolute Gasteiger partial charge is 0.337 e. The number of nitrogens with zero attached hydrogens (tertiary/aromatic N) is 4. The number of aryl methyl sites for hydroxylation is 1. The number of benzene rings is 1. The van der Waals surface area contributed by atoms with Gasteiger partial charge in [0.25, 0.3) is 0 Å². The number of aromatic nitrogens is 2. The van der Waals surface area contributed by atoms with E-state index in [1.54, 1.807) is 30.5 Å². The van der Waals surface area contributed by atoms with Crippen molar-refractivity contribution in [2.24, 2.45) is 7.05 Å². The fourth-order valence-electron chi connectivity index (χ4n) is 1.97. The second kappa shape index (κ2) is 6.68. The normalized spacial score (nSPS) is 10.4. The molecule has 0 aliphatic heterocycles. The van der Waals surface area contributed by atoms with E-state index in [0.717, 1.165) is 5.82 Å². The Morgan fingerprint density at radius 2 is 2.24 bits per heavy atom. The minimum Gasteiger partial charge on any atom is -0.337 e. The fourth-order valence-corrected chi connectivity index (χ4v) is 1.97. The lowest BCUT2D eigenvalue weighted by atomic mass is 10.2. The van der Waals surface area contributed by atoms with Crippen molar-refractivity contribution in [1.29, 1.82) is 5.26 Å². The molecule has 1 heterocycles. The van der Waals surface area contributed by atoms with Crippen LogP contribution in [-0.2, 0) is 18.4 Å². The highest BCUT2D eigenvalue weighted by Crippen LogP contribution is 2.13. The molecular formula is C15H17N5O. The summed E-state index contributed by atoms with van der Waals surface area (Å²) in [5, 5.41) is 11.7. The molecule has 6 nitrogen and oxygen atoms in total. The van der Waals surface area contributed by atoms with Crippen LogP contribution in [-0.4, -0.2) is 34.0 Å². The first-order valence-electron chi connectivity index (χ1n) is 6.54. The van der Waals surface area contributed by atoms with Gasteiger partial charge in [0.2, 0.25) is 5.91 Å². The van der Waals surface area contributed by atoms with E-state index in [0.29, 0.717) is 17.8 Å². The van der Waals surface area contributed by atoms with Crippen LogP contribution in [0.5, 0.6) is 0 Å². The van der Waals surface area contributed by atoms with Gasteiger partial charge in [0, 0.05) is 19.4 Å².